The van der Waals surface area contributed by atoms with Crippen LogP contribution in [0.5, 0.6) is 0 Å². The average molecular weight is 416 g/mol. The Labute approximate surface area is 142 Å². The Hall–Kier alpha value is -1.11. The Morgan fingerprint density at radius 1 is 1.24 bits per heavy atom. The fourth-order valence-corrected chi connectivity index (χ4v) is 2.75. The Balaban J connectivity index is 2.07. The Bertz CT molecular complexity index is 619. The summed E-state index contributed by atoms with van der Waals surface area (Å²) in [5, 5.41) is 12.8. The third-order valence-electron chi connectivity index (χ3n) is 3.05. The number of hydrogen-bond acceptors (Lipinski definition) is 2. The second-order valence-corrected chi connectivity index (χ2v) is 6.27. The molecular weight excluding hydrogens is 401 g/mol. The number of benzene rings is 2. The molecule has 5 heteroatoms. The molecule has 1 atom stereocenters. The molecule has 0 saturated carbocycles. The SMILES string of the molecule is O=C(N[C@@H](CO)Cc1ccccc1)c1cc(Cl)ccc1I. The van der Waals surface area contributed by atoms with E-state index in [-0.39, 0.29) is 18.6 Å². The van der Waals surface area contributed by atoms with E-state index in [1.165, 1.54) is 0 Å². The maximum Gasteiger partial charge on any atom is 0.252 e. The van der Waals surface area contributed by atoms with E-state index in [0.29, 0.717) is 17.0 Å². The molecule has 2 N–H and O–H groups in total. The van der Waals surface area contributed by atoms with Crippen LogP contribution in [0.25, 0.3) is 0 Å². The largest absolute Gasteiger partial charge is 0.394 e. The number of amides is 1. The zero-order valence-electron chi connectivity index (χ0n) is 11.2. The van der Waals surface area contributed by atoms with Crippen molar-refractivity contribution < 1.29 is 9.90 Å². The molecule has 0 aliphatic carbocycles. The first-order chi connectivity index (χ1) is 10.1. The van der Waals surface area contributed by atoms with Gasteiger partial charge in [-0.05, 0) is 52.8 Å². The first kappa shape index (κ1) is 16.3. The molecule has 2 aromatic carbocycles. The summed E-state index contributed by atoms with van der Waals surface area (Å²) in [5.74, 6) is -0.225. The Morgan fingerprint density at radius 3 is 2.62 bits per heavy atom. The van der Waals surface area contributed by atoms with Crippen molar-refractivity contribution in [1.29, 1.82) is 0 Å². The van der Waals surface area contributed by atoms with Crippen LogP contribution in [-0.2, 0) is 6.42 Å². The number of hydrogen-bond donors (Lipinski definition) is 2. The summed E-state index contributed by atoms with van der Waals surface area (Å²) in [4.78, 5) is 12.3. The van der Waals surface area contributed by atoms with E-state index in [4.69, 9.17) is 11.6 Å². The van der Waals surface area contributed by atoms with Gasteiger partial charge >= 0.3 is 0 Å². The second-order valence-electron chi connectivity index (χ2n) is 4.67. The van der Waals surface area contributed by atoms with Crippen molar-refractivity contribution in [2.24, 2.45) is 0 Å². The highest BCUT2D eigenvalue weighted by Crippen LogP contribution is 2.18. The number of halogens is 2. The van der Waals surface area contributed by atoms with Crippen LogP contribution in [0.15, 0.2) is 48.5 Å². The predicted molar refractivity (Wildman–Crippen MR) is 92.7 cm³/mol. The number of carbonyl (C=O) groups excluding carboxylic acids is 1. The predicted octanol–water partition coefficient (Wildman–Crippen LogP) is 3.28. The molecule has 0 unspecified atom stereocenters. The molecule has 21 heavy (non-hydrogen) atoms. The van der Waals surface area contributed by atoms with Gasteiger partial charge in [0.05, 0.1) is 18.2 Å². The van der Waals surface area contributed by atoms with Crippen molar-refractivity contribution in [2.45, 2.75) is 12.5 Å². The van der Waals surface area contributed by atoms with Gasteiger partial charge in [0.15, 0.2) is 0 Å². The monoisotopic (exact) mass is 415 g/mol. The minimum Gasteiger partial charge on any atom is -0.394 e. The maximum atomic E-state index is 12.3. The zero-order chi connectivity index (χ0) is 15.2. The fourth-order valence-electron chi connectivity index (χ4n) is 1.99. The van der Waals surface area contributed by atoms with Gasteiger partial charge in [-0.15, -0.1) is 0 Å². The first-order valence-electron chi connectivity index (χ1n) is 6.51. The van der Waals surface area contributed by atoms with E-state index >= 15 is 0 Å². The van der Waals surface area contributed by atoms with Gasteiger partial charge < -0.3 is 10.4 Å². The van der Waals surface area contributed by atoms with Gasteiger partial charge in [-0.2, -0.15) is 0 Å². The number of nitrogens with one attached hydrogen (secondary N) is 1. The topological polar surface area (TPSA) is 49.3 Å². The van der Waals surface area contributed by atoms with Crippen LogP contribution in [0.4, 0.5) is 0 Å². The smallest absolute Gasteiger partial charge is 0.252 e. The highest BCUT2D eigenvalue weighted by Gasteiger charge is 2.16. The molecule has 0 bridgehead atoms. The molecule has 0 radical (unpaired) electrons. The summed E-state index contributed by atoms with van der Waals surface area (Å²) in [5.41, 5.74) is 1.59. The van der Waals surface area contributed by atoms with Gasteiger partial charge in [0.25, 0.3) is 5.91 Å². The van der Waals surface area contributed by atoms with Gasteiger partial charge in [-0.25, -0.2) is 0 Å². The van der Waals surface area contributed by atoms with Gasteiger partial charge in [0.2, 0.25) is 0 Å². The first-order valence-corrected chi connectivity index (χ1v) is 7.96. The molecule has 0 saturated heterocycles. The van der Waals surface area contributed by atoms with Crippen LogP contribution >= 0.6 is 34.2 Å². The molecule has 0 aliphatic rings. The molecule has 1 amide bonds. The standard InChI is InChI=1S/C16H15ClINO2/c17-12-6-7-15(18)14(9-12)16(21)19-13(10-20)8-11-4-2-1-3-5-11/h1-7,9,13,20H,8,10H2,(H,19,21)/t13-/m1/s1. The summed E-state index contributed by atoms with van der Waals surface area (Å²) < 4.78 is 0.825. The van der Waals surface area contributed by atoms with Crippen LogP contribution < -0.4 is 5.32 Å². The maximum absolute atomic E-state index is 12.3. The third-order valence-corrected chi connectivity index (χ3v) is 4.23. The number of rotatable bonds is 5. The number of aliphatic hydroxyl groups excluding tert-OH is 1. The molecule has 0 spiro atoms. The molecule has 110 valence electrons. The van der Waals surface area contributed by atoms with Gasteiger partial charge in [-0.1, -0.05) is 41.9 Å². The quantitative estimate of drug-likeness (QED) is 0.737. The highest BCUT2D eigenvalue weighted by molar-refractivity contribution is 14.1. The summed E-state index contributed by atoms with van der Waals surface area (Å²) in [6.45, 7) is -0.113. The van der Waals surface area contributed by atoms with Crippen molar-refractivity contribution in [3.63, 3.8) is 0 Å². The zero-order valence-corrected chi connectivity index (χ0v) is 14.1. The van der Waals surface area contributed by atoms with E-state index < -0.39 is 0 Å². The Morgan fingerprint density at radius 2 is 1.95 bits per heavy atom. The highest BCUT2D eigenvalue weighted by atomic mass is 127. The molecule has 2 aromatic rings. The second kappa shape index (κ2) is 7.77. The molecule has 0 aromatic heterocycles. The van der Waals surface area contributed by atoms with Gasteiger partial charge in [-0.3, -0.25) is 4.79 Å². The van der Waals surface area contributed by atoms with E-state index in [0.717, 1.165) is 9.13 Å². The van der Waals surface area contributed by atoms with E-state index in [9.17, 15) is 9.90 Å². The third kappa shape index (κ3) is 4.69. The summed E-state index contributed by atoms with van der Waals surface area (Å²) >= 11 is 8.02. The van der Waals surface area contributed by atoms with E-state index in [1.54, 1.807) is 18.2 Å². The van der Waals surface area contributed by atoms with Crippen LogP contribution in [0.3, 0.4) is 0 Å². The van der Waals surface area contributed by atoms with Crippen LogP contribution in [0.2, 0.25) is 5.02 Å². The van der Waals surface area contributed by atoms with Crippen LogP contribution in [0, 0.1) is 3.57 Å². The summed E-state index contributed by atoms with van der Waals surface area (Å²) in [6.07, 6.45) is 0.584. The molecule has 0 heterocycles. The molecule has 2 rings (SSSR count). The van der Waals surface area contributed by atoms with Crippen molar-refractivity contribution >= 4 is 40.1 Å². The van der Waals surface area contributed by atoms with Crippen molar-refractivity contribution in [1.82, 2.24) is 5.32 Å². The van der Waals surface area contributed by atoms with E-state index in [1.807, 2.05) is 30.3 Å². The molecular formula is C16H15ClINO2. The van der Waals surface area contributed by atoms with Crippen LogP contribution in [-0.4, -0.2) is 23.7 Å². The van der Waals surface area contributed by atoms with Gasteiger partial charge in [0.1, 0.15) is 0 Å². The lowest BCUT2D eigenvalue weighted by molar-refractivity contribution is 0.0915. The molecule has 0 fully saturated rings. The Kier molecular flexibility index (Phi) is 6.02. The lowest BCUT2D eigenvalue weighted by atomic mass is 10.1. The fraction of sp³-hybridized carbons (Fsp3) is 0.188. The van der Waals surface area contributed by atoms with Crippen molar-refractivity contribution in [3.05, 3.63) is 68.3 Å². The molecule has 0 aliphatic heterocycles. The summed E-state index contributed by atoms with van der Waals surface area (Å²) in [6, 6.07) is 14.6. The van der Waals surface area contributed by atoms with Crippen molar-refractivity contribution in [2.75, 3.05) is 6.61 Å². The van der Waals surface area contributed by atoms with Crippen LogP contribution in [0.1, 0.15) is 15.9 Å². The lowest BCUT2D eigenvalue weighted by Crippen LogP contribution is -2.39. The van der Waals surface area contributed by atoms with Crippen molar-refractivity contribution in [3.8, 4) is 0 Å². The average Bonchev–Trinajstić information content (AvgIpc) is 2.50. The minimum absolute atomic E-state index is 0.113. The minimum atomic E-state index is -0.324. The number of carbonyl (C=O) groups is 1. The number of aliphatic hydroxyl groups is 1. The summed E-state index contributed by atoms with van der Waals surface area (Å²) in [7, 11) is 0. The lowest BCUT2D eigenvalue weighted by Gasteiger charge is -2.17. The normalized spacial score (nSPS) is 12.0. The molecule has 3 nitrogen and oxygen atoms in total. The van der Waals surface area contributed by atoms with E-state index in [2.05, 4.69) is 27.9 Å². The van der Waals surface area contributed by atoms with Gasteiger partial charge in [0, 0.05) is 8.59 Å².